The first-order chi connectivity index (χ1) is 14.9. The largest absolute Gasteiger partial charge is 0.496 e. The Bertz CT molecular complexity index is 1090. The minimum Gasteiger partial charge on any atom is -0.496 e. The molecule has 1 N–H and O–H groups in total. The van der Waals surface area contributed by atoms with Crippen LogP contribution < -0.4 is 4.74 Å². The normalized spacial score (nSPS) is 19.5. The van der Waals surface area contributed by atoms with E-state index in [4.69, 9.17) is 4.74 Å². The predicted molar refractivity (Wildman–Crippen MR) is 120 cm³/mol. The minimum atomic E-state index is -0.301. The topological polar surface area (TPSA) is 61.5 Å². The second-order valence-electron chi connectivity index (χ2n) is 8.52. The van der Waals surface area contributed by atoms with Crippen LogP contribution >= 0.6 is 0 Å². The van der Waals surface area contributed by atoms with Crippen molar-refractivity contribution in [1.82, 2.24) is 19.8 Å². The lowest BCUT2D eigenvalue weighted by molar-refractivity contribution is -0.130. The molecule has 7 heteroatoms. The molecule has 164 valence electrons. The van der Waals surface area contributed by atoms with Gasteiger partial charge in [0.2, 0.25) is 5.91 Å². The predicted octanol–water partition coefficient (Wildman–Crippen LogP) is 4.03. The number of nitrogens with one attached hydrogen (secondary N) is 1. The van der Waals surface area contributed by atoms with Gasteiger partial charge in [-0.25, -0.2) is 9.37 Å². The van der Waals surface area contributed by atoms with E-state index in [0.29, 0.717) is 29.8 Å². The molecule has 1 aromatic carbocycles. The summed E-state index contributed by atoms with van der Waals surface area (Å²) in [6.07, 6.45) is 3.67. The molecular weight excluding hydrogens is 395 g/mol. The summed E-state index contributed by atoms with van der Waals surface area (Å²) in [6, 6.07) is 8.90. The van der Waals surface area contributed by atoms with Gasteiger partial charge < -0.3 is 14.6 Å². The molecule has 1 amide bonds. The van der Waals surface area contributed by atoms with Crippen molar-refractivity contribution in [1.29, 1.82) is 0 Å². The van der Waals surface area contributed by atoms with E-state index in [-0.39, 0.29) is 11.7 Å². The Kier molecular flexibility index (Phi) is 5.96. The van der Waals surface area contributed by atoms with Gasteiger partial charge in [0.05, 0.1) is 13.7 Å². The molecule has 0 spiro atoms. The van der Waals surface area contributed by atoms with Gasteiger partial charge in [-0.15, -0.1) is 0 Å². The lowest BCUT2D eigenvalue weighted by atomic mass is 9.88. The molecule has 0 saturated carbocycles. The number of carbonyl (C=O) groups is 1. The van der Waals surface area contributed by atoms with E-state index in [0.717, 1.165) is 41.7 Å². The number of halogens is 1. The van der Waals surface area contributed by atoms with Gasteiger partial charge in [-0.3, -0.25) is 9.69 Å². The number of aromatic amines is 1. The molecule has 1 saturated heterocycles. The molecule has 0 bridgehead atoms. The summed E-state index contributed by atoms with van der Waals surface area (Å²) in [6.45, 7) is 3.51. The number of rotatable bonds is 5. The highest BCUT2D eigenvalue weighted by Crippen LogP contribution is 2.38. The van der Waals surface area contributed by atoms with E-state index in [1.54, 1.807) is 38.4 Å². The summed E-state index contributed by atoms with van der Waals surface area (Å²) < 4.78 is 19.4. The Labute approximate surface area is 182 Å². The summed E-state index contributed by atoms with van der Waals surface area (Å²) in [5.74, 6) is 0.820. The van der Waals surface area contributed by atoms with Crippen LogP contribution in [0.4, 0.5) is 4.39 Å². The van der Waals surface area contributed by atoms with Crippen LogP contribution in [-0.4, -0.2) is 66.0 Å². The Morgan fingerprint density at radius 1 is 1.29 bits per heavy atom. The minimum absolute atomic E-state index is 0.133. The summed E-state index contributed by atoms with van der Waals surface area (Å²) >= 11 is 0. The second kappa shape index (κ2) is 8.67. The smallest absolute Gasteiger partial charge is 0.236 e. The van der Waals surface area contributed by atoms with Crippen LogP contribution in [0, 0.1) is 5.82 Å². The first-order valence-electron chi connectivity index (χ1n) is 10.6. The molecule has 2 atom stereocenters. The number of nitrogens with zero attached hydrogens (tertiary/aromatic N) is 3. The standard InChI is InChI=1S/C24H29FN4O2/c1-15-11-16(8-10-29(15)14-23(30)28(2)3)21-13-20-18(7-9-26-24(20)27-21)19-12-17(25)5-6-22(19)31-4/h5-7,9,12-13,15-16H,8,10-11,14H2,1-4H3,(H,26,27)/t15-,16?/m0/s1. The number of carbonyl (C=O) groups excluding carboxylic acids is 1. The van der Waals surface area contributed by atoms with Crippen molar-refractivity contribution in [2.24, 2.45) is 0 Å². The molecule has 3 heterocycles. The molecule has 4 rings (SSSR count). The van der Waals surface area contributed by atoms with Crippen LogP contribution in [0.2, 0.25) is 0 Å². The molecule has 3 aromatic rings. The van der Waals surface area contributed by atoms with Crippen molar-refractivity contribution in [3.63, 3.8) is 0 Å². The number of hydrogen-bond donors (Lipinski definition) is 1. The fourth-order valence-electron chi connectivity index (χ4n) is 4.45. The van der Waals surface area contributed by atoms with Crippen LogP contribution in [0.1, 0.15) is 31.4 Å². The second-order valence-corrected chi connectivity index (χ2v) is 8.52. The highest BCUT2D eigenvalue weighted by Gasteiger charge is 2.29. The third-order valence-electron chi connectivity index (χ3n) is 6.30. The van der Waals surface area contributed by atoms with Gasteiger partial charge in [0.1, 0.15) is 17.2 Å². The highest BCUT2D eigenvalue weighted by atomic mass is 19.1. The highest BCUT2D eigenvalue weighted by molar-refractivity contribution is 5.95. The van der Waals surface area contributed by atoms with Crippen LogP contribution in [0.3, 0.4) is 0 Å². The Hall–Kier alpha value is -2.93. The number of H-pyrrole nitrogens is 1. The molecule has 1 aliphatic heterocycles. The average molecular weight is 425 g/mol. The zero-order chi connectivity index (χ0) is 22.1. The SMILES string of the molecule is COc1ccc(F)cc1-c1ccnc2[nH]c(C3CCN(CC(=O)N(C)C)[C@@H](C)C3)cc12. The number of amides is 1. The van der Waals surface area contributed by atoms with Crippen LogP contribution in [0.25, 0.3) is 22.2 Å². The van der Waals surface area contributed by atoms with E-state index in [2.05, 4.69) is 27.9 Å². The first kappa shape index (κ1) is 21.3. The van der Waals surface area contributed by atoms with E-state index in [9.17, 15) is 9.18 Å². The van der Waals surface area contributed by atoms with Crippen LogP contribution in [0.15, 0.2) is 36.5 Å². The zero-order valence-electron chi connectivity index (χ0n) is 18.5. The van der Waals surface area contributed by atoms with E-state index in [1.807, 2.05) is 6.07 Å². The van der Waals surface area contributed by atoms with Crippen molar-refractivity contribution in [3.8, 4) is 16.9 Å². The lowest BCUT2D eigenvalue weighted by Gasteiger charge is -2.37. The number of piperidine rings is 1. The van der Waals surface area contributed by atoms with E-state index in [1.165, 1.54) is 12.1 Å². The van der Waals surface area contributed by atoms with Gasteiger partial charge in [-0.05, 0) is 62.2 Å². The van der Waals surface area contributed by atoms with Crippen molar-refractivity contribution >= 4 is 16.9 Å². The van der Waals surface area contributed by atoms with Gasteiger partial charge in [0.25, 0.3) is 0 Å². The van der Waals surface area contributed by atoms with Gasteiger partial charge in [-0.2, -0.15) is 0 Å². The molecule has 2 aromatic heterocycles. The Morgan fingerprint density at radius 3 is 2.81 bits per heavy atom. The van der Waals surface area contributed by atoms with Gasteiger partial charge >= 0.3 is 0 Å². The van der Waals surface area contributed by atoms with Gasteiger partial charge in [-0.1, -0.05) is 0 Å². The Morgan fingerprint density at radius 2 is 2.10 bits per heavy atom. The van der Waals surface area contributed by atoms with Crippen LogP contribution in [-0.2, 0) is 4.79 Å². The third-order valence-corrected chi connectivity index (χ3v) is 6.30. The summed E-state index contributed by atoms with van der Waals surface area (Å²) in [5, 5.41) is 0.958. The number of pyridine rings is 1. The van der Waals surface area contributed by atoms with Gasteiger partial charge in [0.15, 0.2) is 0 Å². The maximum Gasteiger partial charge on any atom is 0.236 e. The summed E-state index contributed by atoms with van der Waals surface area (Å²) in [7, 11) is 5.18. The molecular formula is C24H29FN4O2. The molecule has 0 radical (unpaired) electrons. The molecule has 31 heavy (non-hydrogen) atoms. The number of ether oxygens (including phenoxy) is 1. The van der Waals surface area contributed by atoms with E-state index >= 15 is 0 Å². The molecule has 6 nitrogen and oxygen atoms in total. The zero-order valence-corrected chi connectivity index (χ0v) is 18.5. The fraction of sp³-hybridized carbons (Fsp3) is 0.417. The molecule has 1 aliphatic rings. The number of fused-ring (bicyclic) bond motifs is 1. The molecule has 1 unspecified atom stereocenters. The van der Waals surface area contributed by atoms with Crippen LogP contribution in [0.5, 0.6) is 5.75 Å². The van der Waals surface area contributed by atoms with Gasteiger partial charge in [0, 0.05) is 48.9 Å². The van der Waals surface area contributed by atoms with Crippen molar-refractivity contribution in [2.75, 3.05) is 34.3 Å². The average Bonchev–Trinajstić information content (AvgIpc) is 3.19. The Balaban J connectivity index is 1.61. The number of benzene rings is 1. The number of hydrogen-bond acceptors (Lipinski definition) is 4. The summed E-state index contributed by atoms with van der Waals surface area (Å²) in [5.41, 5.74) is 3.53. The number of likely N-dealkylation sites (tertiary alicyclic amines) is 1. The quantitative estimate of drug-likeness (QED) is 0.672. The molecule has 0 aliphatic carbocycles. The summed E-state index contributed by atoms with van der Waals surface area (Å²) in [4.78, 5) is 24.0. The lowest BCUT2D eigenvalue weighted by Crippen LogP contribution is -2.45. The first-order valence-corrected chi connectivity index (χ1v) is 10.6. The number of likely N-dealkylation sites (N-methyl/N-ethyl adjacent to an activating group) is 1. The van der Waals surface area contributed by atoms with Crippen molar-refractivity contribution < 1.29 is 13.9 Å². The number of methoxy groups -OCH3 is 1. The fourth-order valence-corrected chi connectivity index (χ4v) is 4.45. The maximum absolute atomic E-state index is 14.0. The monoisotopic (exact) mass is 424 g/mol. The van der Waals surface area contributed by atoms with Crippen molar-refractivity contribution in [2.45, 2.75) is 31.7 Å². The third kappa shape index (κ3) is 4.28. The maximum atomic E-state index is 14.0. The van der Waals surface area contributed by atoms with E-state index < -0.39 is 0 Å². The van der Waals surface area contributed by atoms with Crippen molar-refractivity contribution in [3.05, 3.63) is 48.0 Å². The number of aromatic nitrogens is 2. The molecule has 1 fully saturated rings.